The SMILES string of the molecule is C=CC(=O)OCCCCCCCCCCCCP(Br)(CCCC)(CCCC)CCCCC. The molecule has 0 atom stereocenters. The van der Waals surface area contributed by atoms with E-state index in [2.05, 4.69) is 42.8 Å². The zero-order valence-corrected chi connectivity index (χ0v) is 24.5. The molecule has 192 valence electrons. The zero-order valence-electron chi connectivity index (χ0n) is 22.0. The van der Waals surface area contributed by atoms with Gasteiger partial charge in [-0.1, -0.05) is 6.58 Å². The van der Waals surface area contributed by atoms with Crippen molar-refractivity contribution < 1.29 is 9.53 Å². The summed E-state index contributed by atoms with van der Waals surface area (Å²) < 4.78 is 5.02. The average Bonchev–Trinajstić information content (AvgIpc) is 2.80. The van der Waals surface area contributed by atoms with E-state index in [1.165, 1.54) is 127 Å². The first kappa shape index (κ1) is 32.1. The number of carbonyl (C=O) groups is 1. The molecule has 0 fully saturated rings. The van der Waals surface area contributed by atoms with Crippen LogP contribution in [0, 0.1) is 0 Å². The van der Waals surface area contributed by atoms with Gasteiger partial charge in [0, 0.05) is 6.08 Å². The van der Waals surface area contributed by atoms with Crippen LogP contribution in [-0.4, -0.2) is 37.2 Å². The molecule has 0 unspecified atom stereocenters. The van der Waals surface area contributed by atoms with Gasteiger partial charge < -0.3 is 4.74 Å². The number of esters is 1. The Morgan fingerprint density at radius 2 is 1.03 bits per heavy atom. The van der Waals surface area contributed by atoms with Crippen LogP contribution in [0.5, 0.6) is 0 Å². The van der Waals surface area contributed by atoms with Gasteiger partial charge in [-0.15, -0.1) is 0 Å². The van der Waals surface area contributed by atoms with Crippen molar-refractivity contribution in [3.8, 4) is 0 Å². The number of hydrogen-bond acceptors (Lipinski definition) is 2. The van der Waals surface area contributed by atoms with Gasteiger partial charge in [0.25, 0.3) is 0 Å². The topological polar surface area (TPSA) is 26.3 Å². The van der Waals surface area contributed by atoms with E-state index in [9.17, 15) is 4.79 Å². The summed E-state index contributed by atoms with van der Waals surface area (Å²) in [5.41, 5.74) is 0. The number of hydrogen-bond donors (Lipinski definition) is 0. The molecule has 0 rings (SSSR count). The van der Waals surface area contributed by atoms with Gasteiger partial charge in [0.2, 0.25) is 0 Å². The van der Waals surface area contributed by atoms with E-state index in [4.69, 9.17) is 4.74 Å². The number of halogens is 1. The van der Waals surface area contributed by atoms with E-state index in [1.54, 1.807) is 0 Å². The normalized spacial score (nSPS) is 12.9. The maximum atomic E-state index is 11.0. The average molecular weight is 536 g/mol. The van der Waals surface area contributed by atoms with Gasteiger partial charge >= 0.3 is 188 Å². The summed E-state index contributed by atoms with van der Waals surface area (Å²) in [5.74, 6) is -0.299. The summed E-state index contributed by atoms with van der Waals surface area (Å²) >= 11 is 4.56. The van der Waals surface area contributed by atoms with Crippen molar-refractivity contribution in [1.29, 1.82) is 0 Å². The minimum atomic E-state index is -1.70. The summed E-state index contributed by atoms with van der Waals surface area (Å²) in [6.07, 6.45) is 30.0. The maximum absolute atomic E-state index is 11.0. The van der Waals surface area contributed by atoms with Gasteiger partial charge in [0.1, 0.15) is 0 Å². The van der Waals surface area contributed by atoms with Gasteiger partial charge in [-0.3, -0.25) is 0 Å². The molecule has 0 aliphatic heterocycles. The molecule has 0 aliphatic rings. The monoisotopic (exact) mass is 534 g/mol. The third-order valence-electron chi connectivity index (χ3n) is 6.98. The van der Waals surface area contributed by atoms with Gasteiger partial charge in [-0.05, 0) is 0 Å². The second-order valence-corrected chi connectivity index (χ2v) is 21.5. The first-order chi connectivity index (χ1) is 15.4. The first-order valence-corrected chi connectivity index (χ1v) is 18.9. The van der Waals surface area contributed by atoms with Crippen LogP contribution in [-0.2, 0) is 9.53 Å². The predicted octanol–water partition coefficient (Wildman–Crippen LogP) is 10.3. The second kappa shape index (κ2) is 20.5. The molecule has 0 saturated heterocycles. The molecule has 0 aromatic heterocycles. The Morgan fingerprint density at radius 1 is 0.656 bits per heavy atom. The molecule has 4 heteroatoms. The van der Waals surface area contributed by atoms with Gasteiger partial charge in [0.05, 0.1) is 0 Å². The van der Waals surface area contributed by atoms with Crippen molar-refractivity contribution in [1.82, 2.24) is 0 Å². The van der Waals surface area contributed by atoms with Crippen molar-refractivity contribution in [2.24, 2.45) is 0 Å². The van der Waals surface area contributed by atoms with Crippen LogP contribution in [0.4, 0.5) is 0 Å². The van der Waals surface area contributed by atoms with Crippen molar-refractivity contribution in [2.45, 2.75) is 130 Å². The van der Waals surface area contributed by atoms with E-state index in [-0.39, 0.29) is 5.97 Å². The fraction of sp³-hybridized carbons (Fsp3) is 0.893. The fourth-order valence-corrected chi connectivity index (χ4v) is 13.4. The summed E-state index contributed by atoms with van der Waals surface area (Å²) in [6.45, 7) is 11.0. The fourth-order valence-electron chi connectivity index (χ4n) is 4.79. The molecular weight excluding hydrogens is 479 g/mol. The van der Waals surface area contributed by atoms with Crippen LogP contribution in [0.15, 0.2) is 12.7 Å². The Hall–Kier alpha value is 0.120. The Bertz CT molecular complexity index is 458. The van der Waals surface area contributed by atoms with Gasteiger partial charge in [0.15, 0.2) is 0 Å². The van der Waals surface area contributed by atoms with Crippen LogP contribution in [0.3, 0.4) is 0 Å². The molecule has 2 nitrogen and oxygen atoms in total. The Balaban J connectivity index is 4.07. The number of unbranched alkanes of at least 4 members (excludes halogenated alkanes) is 13. The molecule has 0 bridgehead atoms. The molecule has 0 N–H and O–H groups in total. The van der Waals surface area contributed by atoms with E-state index in [1.807, 2.05) is 0 Å². The molecule has 0 radical (unpaired) electrons. The second-order valence-electron chi connectivity index (χ2n) is 10.0. The molecule has 0 heterocycles. The molecule has 0 aromatic rings. The molecule has 0 amide bonds. The van der Waals surface area contributed by atoms with E-state index >= 15 is 0 Å². The van der Waals surface area contributed by atoms with Crippen LogP contribution in [0.25, 0.3) is 0 Å². The summed E-state index contributed by atoms with van der Waals surface area (Å²) in [4.78, 5) is 11.0. The molecule has 0 aromatic carbocycles. The standard InChI is InChI=1S/C28H56BrO2P/c1-5-9-21-26-32(29,24-10-6-2,25-11-7-3)27-22-19-17-15-13-12-14-16-18-20-23-31-28(30)8-4/h8H,4-7,9-27H2,1-3H3. The predicted molar refractivity (Wildman–Crippen MR) is 152 cm³/mol. The molecular formula is C28H56BrO2P. The van der Waals surface area contributed by atoms with E-state index < -0.39 is 5.31 Å². The Labute approximate surface area is 209 Å². The third kappa shape index (κ3) is 16.7. The Kier molecular flexibility index (Phi) is 20.6. The van der Waals surface area contributed by atoms with Crippen molar-refractivity contribution in [3.05, 3.63) is 12.7 Å². The molecule has 0 saturated carbocycles. The number of ether oxygens (including phenoxy) is 1. The van der Waals surface area contributed by atoms with E-state index in [0.29, 0.717) is 6.61 Å². The van der Waals surface area contributed by atoms with Crippen LogP contribution in [0.2, 0.25) is 0 Å². The first-order valence-electron chi connectivity index (χ1n) is 13.9. The number of carbonyl (C=O) groups excluding carboxylic acids is 1. The molecule has 32 heavy (non-hydrogen) atoms. The summed E-state index contributed by atoms with van der Waals surface area (Å²) in [5, 5.41) is -1.70. The molecule has 0 aliphatic carbocycles. The van der Waals surface area contributed by atoms with Crippen molar-refractivity contribution >= 4 is 26.8 Å². The van der Waals surface area contributed by atoms with E-state index in [0.717, 1.165) is 12.8 Å². The van der Waals surface area contributed by atoms with Crippen molar-refractivity contribution in [2.75, 3.05) is 31.3 Å². The quantitative estimate of drug-likeness (QED) is 0.0532. The van der Waals surface area contributed by atoms with Crippen LogP contribution < -0.4 is 0 Å². The van der Waals surface area contributed by atoms with Crippen LogP contribution in [0.1, 0.15) is 130 Å². The van der Waals surface area contributed by atoms with Crippen molar-refractivity contribution in [3.63, 3.8) is 0 Å². The minimum absolute atomic E-state index is 0.299. The van der Waals surface area contributed by atoms with Gasteiger partial charge in [-0.25, -0.2) is 4.79 Å². The molecule has 0 spiro atoms. The van der Waals surface area contributed by atoms with Crippen LogP contribution >= 0.6 is 20.8 Å². The summed E-state index contributed by atoms with van der Waals surface area (Å²) in [7, 11) is 0. The number of rotatable bonds is 24. The summed E-state index contributed by atoms with van der Waals surface area (Å²) in [6, 6.07) is 0. The Morgan fingerprint density at radius 3 is 1.47 bits per heavy atom. The van der Waals surface area contributed by atoms with Gasteiger partial charge in [-0.2, -0.15) is 0 Å². The third-order valence-corrected chi connectivity index (χ3v) is 17.0. The zero-order chi connectivity index (χ0) is 24.0.